The molecule has 3 aliphatic heterocycles. The fraction of sp³-hybridized carbons (Fsp3) is 1.00. The highest BCUT2D eigenvalue weighted by Crippen LogP contribution is 2.15. The van der Waals surface area contributed by atoms with Crippen LogP contribution in [-0.2, 0) is 9.24 Å². The van der Waals surface area contributed by atoms with Gasteiger partial charge in [-0.05, 0) is 0 Å². The Morgan fingerprint density at radius 3 is 2.36 bits per heavy atom. The number of hydrogen-bond acceptors (Lipinski definition) is 4. The van der Waals surface area contributed by atoms with Crippen molar-refractivity contribution in [2.45, 2.75) is 6.04 Å². The summed E-state index contributed by atoms with van der Waals surface area (Å²) in [4.78, 5) is 4.67. The van der Waals surface area contributed by atoms with Gasteiger partial charge in [-0.25, -0.2) is 4.72 Å². The van der Waals surface area contributed by atoms with Crippen molar-refractivity contribution in [3.05, 3.63) is 0 Å². The van der Waals surface area contributed by atoms with Crippen molar-refractivity contribution in [1.29, 1.82) is 0 Å². The van der Waals surface area contributed by atoms with Gasteiger partial charge in [-0.1, -0.05) is 0 Å². The van der Waals surface area contributed by atoms with Crippen molar-refractivity contribution >= 4 is 19.9 Å². The molecule has 1 N–H and O–H groups in total. The molecular weight excluding hydrogens is 226 g/mol. The molecule has 0 saturated carbocycles. The summed E-state index contributed by atoms with van der Waals surface area (Å²) in [6, 6.07) is 0.283. The molecule has 1 atom stereocenters. The summed E-state index contributed by atoms with van der Waals surface area (Å²) in [6.07, 6.45) is 0. The Bertz CT molecular complexity index is 300. The van der Waals surface area contributed by atoms with Crippen LogP contribution in [-0.4, -0.2) is 63.5 Å². The normalized spacial score (nSPS) is 37.4. The molecule has 3 heterocycles. The van der Waals surface area contributed by atoms with Gasteiger partial charge in [-0.15, -0.1) is 0 Å². The molecule has 7 heteroatoms. The first kappa shape index (κ1) is 10.6. The van der Waals surface area contributed by atoms with Gasteiger partial charge in [0.1, 0.15) is 0 Å². The quantitative estimate of drug-likeness (QED) is 0.646. The summed E-state index contributed by atoms with van der Waals surface area (Å²) >= 11 is 0. The van der Waals surface area contributed by atoms with E-state index in [1.54, 1.807) is 0 Å². The maximum absolute atomic E-state index is 10.7. The van der Waals surface area contributed by atoms with E-state index in [0.717, 1.165) is 32.7 Å². The minimum absolute atomic E-state index is 0.283. The first-order valence-electron chi connectivity index (χ1n) is 4.70. The molecular formula is C7H14ClN3O2S. The predicted molar refractivity (Wildman–Crippen MR) is 54.6 cm³/mol. The Labute approximate surface area is 88.6 Å². The van der Waals surface area contributed by atoms with Gasteiger partial charge < -0.3 is 0 Å². The van der Waals surface area contributed by atoms with Gasteiger partial charge in [0.25, 0.3) is 9.24 Å². The SMILES string of the molecule is O=S(=O)(Cl)NCC1CN2CCN1CC2. The van der Waals surface area contributed by atoms with Gasteiger partial charge in [-0.2, -0.15) is 8.42 Å². The number of fused-ring (bicyclic) bond motifs is 3. The van der Waals surface area contributed by atoms with Crippen LogP contribution in [0.15, 0.2) is 0 Å². The lowest BCUT2D eigenvalue weighted by atomic mass is 10.1. The monoisotopic (exact) mass is 239 g/mol. The van der Waals surface area contributed by atoms with Crippen molar-refractivity contribution in [2.75, 3.05) is 39.3 Å². The lowest BCUT2D eigenvalue weighted by Gasteiger charge is -2.47. The van der Waals surface area contributed by atoms with Crippen molar-refractivity contribution in [2.24, 2.45) is 0 Å². The zero-order valence-corrected chi connectivity index (χ0v) is 9.39. The Hall–Kier alpha value is 0.120. The molecule has 0 amide bonds. The number of halogens is 1. The first-order chi connectivity index (χ1) is 6.54. The Kier molecular flexibility index (Phi) is 2.99. The summed E-state index contributed by atoms with van der Waals surface area (Å²) in [5.41, 5.74) is 0. The van der Waals surface area contributed by atoms with Crippen LogP contribution in [0.25, 0.3) is 0 Å². The average molecular weight is 240 g/mol. The topological polar surface area (TPSA) is 52.7 Å². The third-order valence-corrected chi connectivity index (χ3v) is 3.72. The molecule has 2 bridgehead atoms. The number of hydrogen-bond donors (Lipinski definition) is 1. The van der Waals surface area contributed by atoms with Crippen LogP contribution in [0.2, 0.25) is 0 Å². The number of nitrogens with one attached hydrogen (secondary N) is 1. The summed E-state index contributed by atoms with van der Waals surface area (Å²) in [5, 5.41) is 0. The molecule has 3 fully saturated rings. The highest BCUT2D eigenvalue weighted by atomic mass is 35.7. The highest BCUT2D eigenvalue weighted by molar-refractivity contribution is 8.12. The van der Waals surface area contributed by atoms with E-state index in [9.17, 15) is 8.42 Å². The van der Waals surface area contributed by atoms with E-state index in [0.29, 0.717) is 6.54 Å². The largest absolute Gasteiger partial charge is 0.299 e. The second kappa shape index (κ2) is 3.94. The van der Waals surface area contributed by atoms with Crippen LogP contribution in [0.1, 0.15) is 0 Å². The maximum atomic E-state index is 10.7. The van der Waals surface area contributed by atoms with Crippen LogP contribution in [0.3, 0.4) is 0 Å². The summed E-state index contributed by atoms with van der Waals surface area (Å²) < 4.78 is 23.8. The summed E-state index contributed by atoms with van der Waals surface area (Å²) in [5.74, 6) is 0. The molecule has 3 saturated heterocycles. The second-order valence-corrected chi connectivity index (χ2v) is 6.16. The van der Waals surface area contributed by atoms with Gasteiger partial charge in [0.05, 0.1) is 0 Å². The molecule has 0 spiro atoms. The Morgan fingerprint density at radius 2 is 1.93 bits per heavy atom. The first-order valence-corrected chi connectivity index (χ1v) is 7.01. The van der Waals surface area contributed by atoms with E-state index >= 15 is 0 Å². The van der Waals surface area contributed by atoms with Gasteiger partial charge in [0.15, 0.2) is 0 Å². The molecule has 3 rings (SSSR count). The summed E-state index contributed by atoms with van der Waals surface area (Å²) in [7, 11) is 1.52. The van der Waals surface area contributed by atoms with E-state index in [2.05, 4.69) is 14.5 Å². The van der Waals surface area contributed by atoms with Crippen LogP contribution in [0, 0.1) is 0 Å². The smallest absolute Gasteiger partial charge is 0.297 e. The zero-order chi connectivity index (χ0) is 10.2. The van der Waals surface area contributed by atoms with Crippen LogP contribution in [0.5, 0.6) is 0 Å². The molecule has 0 aromatic heterocycles. The van der Waals surface area contributed by atoms with E-state index in [-0.39, 0.29) is 6.04 Å². The second-order valence-electron chi connectivity index (χ2n) is 3.78. The highest BCUT2D eigenvalue weighted by Gasteiger charge is 2.31. The molecule has 5 nitrogen and oxygen atoms in total. The molecule has 0 radical (unpaired) electrons. The number of piperazine rings is 3. The summed E-state index contributed by atoms with van der Waals surface area (Å²) in [6.45, 7) is 5.64. The van der Waals surface area contributed by atoms with Crippen molar-refractivity contribution in [3.8, 4) is 0 Å². The van der Waals surface area contributed by atoms with Gasteiger partial charge in [0, 0.05) is 56.0 Å². The third-order valence-electron chi connectivity index (χ3n) is 2.88. The fourth-order valence-electron chi connectivity index (χ4n) is 2.11. The maximum Gasteiger partial charge on any atom is 0.297 e. The molecule has 0 aliphatic carbocycles. The van der Waals surface area contributed by atoms with Crippen molar-refractivity contribution in [3.63, 3.8) is 0 Å². The standard InChI is InChI=1S/C7H14ClN3O2S/c8-14(12,13)9-5-7-6-10-1-3-11(7)4-2-10/h7,9H,1-6H2. The number of rotatable bonds is 3. The van der Waals surface area contributed by atoms with Crippen LogP contribution >= 0.6 is 10.7 Å². The lowest BCUT2D eigenvalue weighted by Crippen LogP contribution is -2.63. The van der Waals surface area contributed by atoms with Crippen LogP contribution < -0.4 is 4.72 Å². The van der Waals surface area contributed by atoms with E-state index in [4.69, 9.17) is 10.7 Å². The van der Waals surface area contributed by atoms with Crippen LogP contribution in [0.4, 0.5) is 0 Å². The molecule has 0 aromatic carbocycles. The molecule has 1 unspecified atom stereocenters. The van der Waals surface area contributed by atoms with Gasteiger partial charge in [-0.3, -0.25) is 9.80 Å². The zero-order valence-electron chi connectivity index (χ0n) is 7.82. The molecule has 82 valence electrons. The third kappa shape index (κ3) is 2.58. The average Bonchev–Trinajstić information content (AvgIpc) is 2.16. The van der Waals surface area contributed by atoms with Crippen molar-refractivity contribution in [1.82, 2.24) is 14.5 Å². The Balaban J connectivity index is 1.87. The van der Waals surface area contributed by atoms with E-state index < -0.39 is 9.24 Å². The molecule has 3 aliphatic rings. The lowest BCUT2D eigenvalue weighted by molar-refractivity contribution is 0.0158. The molecule has 14 heavy (non-hydrogen) atoms. The van der Waals surface area contributed by atoms with Crippen molar-refractivity contribution < 1.29 is 8.42 Å². The predicted octanol–water partition coefficient (Wildman–Crippen LogP) is -0.941. The Morgan fingerprint density at radius 1 is 1.29 bits per heavy atom. The minimum Gasteiger partial charge on any atom is -0.299 e. The number of nitrogens with zero attached hydrogens (tertiary/aromatic N) is 2. The van der Waals surface area contributed by atoms with E-state index in [1.165, 1.54) is 0 Å². The fourth-order valence-corrected chi connectivity index (χ4v) is 2.69. The molecule has 0 aromatic rings. The van der Waals surface area contributed by atoms with Gasteiger partial charge >= 0.3 is 0 Å². The minimum atomic E-state index is -3.56. The van der Waals surface area contributed by atoms with E-state index in [1.807, 2.05) is 0 Å². The van der Waals surface area contributed by atoms with Gasteiger partial charge in [0.2, 0.25) is 0 Å².